The minimum Gasteiger partial charge on any atom is -0.598 e. The van der Waals surface area contributed by atoms with Gasteiger partial charge in [-0.15, -0.1) is 0 Å². The van der Waals surface area contributed by atoms with Gasteiger partial charge < -0.3 is 10.4 Å². The molecule has 0 aliphatic rings. The largest absolute Gasteiger partial charge is 0.598 e. The minimum absolute atomic E-state index is 0.323. The van der Waals surface area contributed by atoms with E-state index in [-0.39, 0.29) is 0 Å². The van der Waals surface area contributed by atoms with Gasteiger partial charge in [-0.25, -0.2) is 19.3 Å². The molecule has 0 aromatic heterocycles. The third-order valence-electron chi connectivity index (χ3n) is 3.22. The number of nitrogens with zero attached hydrogens (tertiary/aromatic N) is 2. The molecular weight excluding hydrogens is 388 g/mol. The van der Waals surface area contributed by atoms with E-state index in [0.717, 1.165) is 0 Å². The maximum absolute atomic E-state index is 11.2. The van der Waals surface area contributed by atoms with Crippen LogP contribution in [-0.2, 0) is 36.2 Å². The molecule has 0 aliphatic carbocycles. The van der Waals surface area contributed by atoms with Crippen molar-refractivity contribution >= 4 is 0 Å². The summed E-state index contributed by atoms with van der Waals surface area (Å²) in [5, 5.41) is 22.3. The summed E-state index contributed by atoms with van der Waals surface area (Å²) in [5.74, 6) is 0. The topological polar surface area (TPSA) is 83.0 Å². The Hall–Kier alpha value is 0.394. The van der Waals surface area contributed by atoms with Gasteiger partial charge in [-0.3, -0.25) is 0 Å². The maximum atomic E-state index is 11.2. The van der Waals surface area contributed by atoms with Crippen molar-refractivity contribution in [2.75, 3.05) is 39.4 Å². The first-order chi connectivity index (χ1) is 12.5. The smallest absolute Gasteiger partial charge is 0.106 e. The number of hydroxylamine groups is 8. The molecule has 27 heavy (non-hydrogen) atoms. The molecule has 0 fully saturated rings. The first-order valence-electron chi connectivity index (χ1n) is 10.0. The Morgan fingerprint density at radius 3 is 1.00 bits per heavy atom. The fourth-order valence-electron chi connectivity index (χ4n) is 1.50. The van der Waals surface area contributed by atoms with E-state index >= 15 is 0 Å². The molecule has 0 N–H and O–H groups in total. The van der Waals surface area contributed by atoms with Gasteiger partial charge in [0.1, 0.15) is 39.4 Å². The molecule has 0 saturated carbocycles. The molecule has 9 heteroatoms. The zero-order valence-corrected chi connectivity index (χ0v) is 20.8. The zero-order valence-electron chi connectivity index (χ0n) is 19.2. The Morgan fingerprint density at radius 1 is 0.630 bits per heavy atom. The van der Waals surface area contributed by atoms with Gasteiger partial charge in [-0.1, -0.05) is 0 Å². The standard InChI is InChI=1S/2C6H15NO2.2C3H7O.Ti/c2*1-4-7(8,5-2)9-6-3;2*1-3(2)4;/h2*4-6H2,1-3H3;2*3H,1-2H3;/q;;2*-1;+2. The van der Waals surface area contributed by atoms with Gasteiger partial charge in [0.25, 0.3) is 0 Å². The molecule has 0 atom stereocenters. The van der Waals surface area contributed by atoms with Crippen molar-refractivity contribution in [1.29, 1.82) is 0 Å². The molecule has 0 unspecified atom stereocenters. The predicted molar refractivity (Wildman–Crippen MR) is 105 cm³/mol. The fourth-order valence-corrected chi connectivity index (χ4v) is 2.19. The van der Waals surface area contributed by atoms with Crippen LogP contribution in [0.25, 0.3) is 0 Å². The molecule has 0 aliphatic heterocycles. The van der Waals surface area contributed by atoms with Crippen molar-refractivity contribution in [1.82, 2.24) is 0 Å². The summed E-state index contributed by atoms with van der Waals surface area (Å²) in [6.45, 7) is 22.0. The Labute approximate surface area is 177 Å². The van der Waals surface area contributed by atoms with E-state index in [1.54, 1.807) is 0 Å². The molecule has 0 saturated heterocycles. The van der Waals surface area contributed by atoms with Crippen LogP contribution in [0.5, 0.6) is 0 Å². The summed E-state index contributed by atoms with van der Waals surface area (Å²) in [4.78, 5) is 8.78. The maximum Gasteiger partial charge on any atom is 0.106 e. The van der Waals surface area contributed by atoms with Gasteiger partial charge in [0.05, 0.1) is 0 Å². The van der Waals surface area contributed by atoms with E-state index in [9.17, 15) is 10.4 Å². The van der Waals surface area contributed by atoms with Crippen LogP contribution in [0.1, 0.15) is 69.2 Å². The molecule has 0 rings (SSSR count). The van der Waals surface area contributed by atoms with Crippen molar-refractivity contribution in [3.05, 3.63) is 10.4 Å². The van der Waals surface area contributed by atoms with Crippen LogP contribution in [0.4, 0.5) is 0 Å². The second-order valence-corrected chi connectivity index (χ2v) is 7.14. The third kappa shape index (κ3) is 22.5. The first-order valence-corrected chi connectivity index (χ1v) is 11.3. The molecule has 0 heterocycles. The summed E-state index contributed by atoms with van der Waals surface area (Å²) < 4.78 is 10.5. The van der Waals surface area contributed by atoms with Crippen LogP contribution in [0.2, 0.25) is 0 Å². The van der Waals surface area contributed by atoms with Gasteiger partial charge in [-0.05, 0) is 41.5 Å². The Bertz CT molecular complexity index is 274. The van der Waals surface area contributed by atoms with E-state index in [2.05, 4.69) is 0 Å². The first kappa shape index (κ1) is 32.1. The number of quaternary nitrogens is 2. The molecule has 0 bridgehead atoms. The van der Waals surface area contributed by atoms with Gasteiger partial charge in [-0.2, -0.15) is 0 Å². The van der Waals surface area contributed by atoms with E-state index < -0.39 is 29.5 Å². The molecule has 0 spiro atoms. The summed E-state index contributed by atoms with van der Waals surface area (Å²) in [6.07, 6.45) is 0.646. The molecule has 0 aromatic rings. The van der Waals surface area contributed by atoms with Crippen LogP contribution in [-0.4, -0.2) is 61.2 Å². The van der Waals surface area contributed by atoms with Gasteiger partial charge in [0.15, 0.2) is 0 Å². The summed E-state index contributed by atoms with van der Waals surface area (Å²) >= 11 is -0.574. The third-order valence-corrected chi connectivity index (χ3v) is 5.00. The summed E-state index contributed by atoms with van der Waals surface area (Å²) in [7, 11) is 0. The average molecular weight is 432 g/mol. The molecule has 166 valence electrons. The molecular formula is C18H44N2O6Ti. The van der Waals surface area contributed by atoms with Crippen LogP contribution in [0.15, 0.2) is 0 Å². The van der Waals surface area contributed by atoms with Crippen molar-refractivity contribution in [3.63, 3.8) is 0 Å². The van der Waals surface area contributed by atoms with E-state index in [1.165, 1.54) is 0 Å². The SMILES string of the molecule is CC(C)[O][Ti][O]C(C)C.CCO[N+]([O-])(CC)CC.CCO[N+]([O-])(CC)CC. The molecule has 0 radical (unpaired) electrons. The van der Waals surface area contributed by atoms with Gasteiger partial charge >= 0.3 is 66.5 Å². The minimum atomic E-state index is -0.574. The van der Waals surface area contributed by atoms with Crippen molar-refractivity contribution in [2.24, 2.45) is 0 Å². The van der Waals surface area contributed by atoms with E-state index in [0.29, 0.717) is 51.6 Å². The molecule has 8 nitrogen and oxygen atoms in total. The zero-order chi connectivity index (χ0) is 21.9. The van der Waals surface area contributed by atoms with Crippen LogP contribution in [0.3, 0.4) is 0 Å². The Kier molecular flexibility index (Phi) is 23.4. The molecule has 0 aromatic carbocycles. The normalized spacial score (nSPS) is 11.6. The number of hydrogen-bond acceptors (Lipinski definition) is 6. The Morgan fingerprint density at radius 2 is 0.889 bits per heavy atom. The second-order valence-electron chi connectivity index (χ2n) is 6.15. The summed E-state index contributed by atoms with van der Waals surface area (Å²) in [6, 6.07) is 0. The van der Waals surface area contributed by atoms with Crippen LogP contribution in [0, 0.1) is 10.4 Å². The number of hydrogen-bond donors (Lipinski definition) is 0. The van der Waals surface area contributed by atoms with Gasteiger partial charge in [0, 0.05) is 0 Å². The van der Waals surface area contributed by atoms with Crippen molar-refractivity contribution in [3.8, 4) is 0 Å². The average Bonchev–Trinajstić information content (AvgIpc) is 2.62. The summed E-state index contributed by atoms with van der Waals surface area (Å²) in [5.41, 5.74) is 0. The fraction of sp³-hybridized carbons (Fsp3) is 1.00. The quantitative estimate of drug-likeness (QED) is 0.259. The van der Waals surface area contributed by atoms with Crippen LogP contribution < -0.4 is 0 Å². The Balaban J connectivity index is -0.000000320. The van der Waals surface area contributed by atoms with E-state index in [4.69, 9.17) is 16.3 Å². The van der Waals surface area contributed by atoms with E-state index in [1.807, 2.05) is 69.2 Å². The van der Waals surface area contributed by atoms with Crippen LogP contribution >= 0.6 is 0 Å². The predicted octanol–water partition coefficient (Wildman–Crippen LogP) is 4.33. The van der Waals surface area contributed by atoms with Crippen molar-refractivity contribution in [2.45, 2.75) is 81.4 Å². The van der Waals surface area contributed by atoms with Gasteiger partial charge in [0.2, 0.25) is 0 Å². The monoisotopic (exact) mass is 432 g/mol. The van der Waals surface area contributed by atoms with Crippen molar-refractivity contribution < 1.29 is 45.9 Å². The number of rotatable bonds is 12. The molecule has 0 amide bonds. The second kappa shape index (κ2) is 19.7.